The topological polar surface area (TPSA) is 67.9 Å². The summed E-state index contributed by atoms with van der Waals surface area (Å²) in [6.07, 6.45) is 1.75. The number of carbonyl (C=O) groups excluding carboxylic acids is 2. The van der Waals surface area contributed by atoms with Gasteiger partial charge in [0.25, 0.3) is 0 Å². The highest BCUT2D eigenvalue weighted by Gasteiger charge is 2.20. The van der Waals surface area contributed by atoms with E-state index in [1.54, 1.807) is 12.1 Å². The molecule has 132 valence electrons. The molecule has 1 saturated heterocycles. The summed E-state index contributed by atoms with van der Waals surface area (Å²) in [6, 6.07) is 5.46. The predicted octanol–water partition coefficient (Wildman–Crippen LogP) is 2.68. The average Bonchev–Trinajstić information content (AvgIpc) is 2.62. The van der Waals surface area contributed by atoms with Gasteiger partial charge in [0.15, 0.2) is 0 Å². The van der Waals surface area contributed by atoms with Crippen LogP contribution in [0.1, 0.15) is 37.0 Å². The van der Waals surface area contributed by atoms with Crippen LogP contribution in [0, 0.1) is 5.92 Å². The molecule has 1 unspecified atom stereocenters. The maximum atomic E-state index is 12.3. The lowest BCUT2D eigenvalue weighted by molar-refractivity contribution is -0.119. The van der Waals surface area contributed by atoms with Gasteiger partial charge in [-0.15, -0.1) is 0 Å². The molecule has 1 amide bonds. The Morgan fingerprint density at radius 1 is 1.33 bits per heavy atom. The highest BCUT2D eigenvalue weighted by Crippen LogP contribution is 2.25. The van der Waals surface area contributed by atoms with Crippen LogP contribution in [0.3, 0.4) is 0 Å². The number of methoxy groups -OCH3 is 1. The maximum absolute atomic E-state index is 12.3. The SMILES string of the molecule is CCCC(C)C(=O)Nc1ccc(N2CCOCC2)cc1C(=O)OC. The third-order valence-corrected chi connectivity index (χ3v) is 4.21. The molecule has 1 N–H and O–H groups in total. The minimum absolute atomic E-state index is 0.0823. The molecule has 0 radical (unpaired) electrons. The summed E-state index contributed by atoms with van der Waals surface area (Å²) in [7, 11) is 1.34. The number of hydrogen-bond donors (Lipinski definition) is 1. The third-order valence-electron chi connectivity index (χ3n) is 4.21. The van der Waals surface area contributed by atoms with Crippen LogP contribution in [0.4, 0.5) is 11.4 Å². The number of rotatable bonds is 6. The lowest BCUT2D eigenvalue weighted by Gasteiger charge is -2.29. The zero-order chi connectivity index (χ0) is 17.5. The van der Waals surface area contributed by atoms with Crippen LogP contribution in [-0.4, -0.2) is 45.3 Å². The van der Waals surface area contributed by atoms with Crippen LogP contribution in [0.5, 0.6) is 0 Å². The van der Waals surface area contributed by atoms with Crippen molar-refractivity contribution in [1.82, 2.24) is 0 Å². The van der Waals surface area contributed by atoms with E-state index in [2.05, 4.69) is 10.2 Å². The van der Waals surface area contributed by atoms with Gasteiger partial charge in [-0.3, -0.25) is 4.79 Å². The summed E-state index contributed by atoms with van der Waals surface area (Å²) in [5.41, 5.74) is 1.80. The summed E-state index contributed by atoms with van der Waals surface area (Å²) in [5, 5.41) is 2.86. The molecule has 24 heavy (non-hydrogen) atoms. The Labute approximate surface area is 143 Å². The monoisotopic (exact) mass is 334 g/mol. The molecule has 1 aromatic carbocycles. The van der Waals surface area contributed by atoms with Crippen LogP contribution < -0.4 is 10.2 Å². The van der Waals surface area contributed by atoms with Gasteiger partial charge in [0, 0.05) is 24.7 Å². The molecule has 1 aliphatic heterocycles. The molecule has 1 atom stereocenters. The molecule has 0 aromatic heterocycles. The minimum atomic E-state index is -0.455. The second kappa shape index (κ2) is 8.68. The zero-order valence-electron chi connectivity index (χ0n) is 14.6. The van der Waals surface area contributed by atoms with Crippen molar-refractivity contribution in [3.63, 3.8) is 0 Å². The Kier molecular flexibility index (Phi) is 6.61. The molecular weight excluding hydrogens is 308 g/mol. The van der Waals surface area contributed by atoms with Crippen molar-refractivity contribution >= 4 is 23.3 Å². The summed E-state index contributed by atoms with van der Waals surface area (Å²) in [5.74, 6) is -0.635. The molecular formula is C18H26N2O4. The highest BCUT2D eigenvalue weighted by molar-refractivity contribution is 6.02. The smallest absolute Gasteiger partial charge is 0.340 e. The van der Waals surface area contributed by atoms with E-state index in [0.29, 0.717) is 24.5 Å². The fourth-order valence-corrected chi connectivity index (χ4v) is 2.76. The van der Waals surface area contributed by atoms with Crippen molar-refractivity contribution < 1.29 is 19.1 Å². The van der Waals surface area contributed by atoms with Crippen LogP contribution in [0.25, 0.3) is 0 Å². The molecule has 1 heterocycles. The Morgan fingerprint density at radius 2 is 2.04 bits per heavy atom. The predicted molar refractivity (Wildman–Crippen MR) is 93.5 cm³/mol. The first-order chi connectivity index (χ1) is 11.6. The van der Waals surface area contributed by atoms with Gasteiger partial charge >= 0.3 is 5.97 Å². The Bertz CT molecular complexity index is 582. The lowest BCUT2D eigenvalue weighted by atomic mass is 10.0. The number of nitrogens with one attached hydrogen (secondary N) is 1. The fourth-order valence-electron chi connectivity index (χ4n) is 2.76. The summed E-state index contributed by atoms with van der Waals surface area (Å²) < 4.78 is 10.2. The van der Waals surface area contributed by atoms with Gasteiger partial charge < -0.3 is 19.7 Å². The minimum Gasteiger partial charge on any atom is -0.465 e. The van der Waals surface area contributed by atoms with Crippen LogP contribution in [0.15, 0.2) is 18.2 Å². The van der Waals surface area contributed by atoms with Crippen LogP contribution >= 0.6 is 0 Å². The van der Waals surface area contributed by atoms with E-state index in [9.17, 15) is 9.59 Å². The van der Waals surface area contributed by atoms with Crippen molar-refractivity contribution in [2.45, 2.75) is 26.7 Å². The summed E-state index contributed by atoms with van der Waals surface area (Å²) in [4.78, 5) is 26.5. The van der Waals surface area contributed by atoms with Crippen LogP contribution in [0.2, 0.25) is 0 Å². The van der Waals surface area contributed by atoms with Crippen molar-refractivity contribution in [3.8, 4) is 0 Å². The number of carbonyl (C=O) groups is 2. The van der Waals surface area contributed by atoms with E-state index in [1.165, 1.54) is 7.11 Å². The van der Waals surface area contributed by atoms with Gasteiger partial charge in [-0.2, -0.15) is 0 Å². The molecule has 0 aliphatic carbocycles. The van der Waals surface area contributed by atoms with E-state index < -0.39 is 5.97 Å². The van der Waals surface area contributed by atoms with Crippen molar-refractivity contribution in [3.05, 3.63) is 23.8 Å². The lowest BCUT2D eigenvalue weighted by Crippen LogP contribution is -2.36. The van der Waals surface area contributed by atoms with E-state index in [0.717, 1.165) is 31.6 Å². The van der Waals surface area contributed by atoms with Crippen molar-refractivity contribution in [1.29, 1.82) is 0 Å². The number of nitrogens with zero attached hydrogens (tertiary/aromatic N) is 1. The molecule has 0 bridgehead atoms. The zero-order valence-corrected chi connectivity index (χ0v) is 14.6. The van der Waals surface area contributed by atoms with Gasteiger partial charge in [0.2, 0.25) is 5.91 Å². The molecule has 6 heteroatoms. The Morgan fingerprint density at radius 3 is 2.67 bits per heavy atom. The van der Waals surface area contributed by atoms with E-state index in [4.69, 9.17) is 9.47 Å². The standard InChI is InChI=1S/C18H26N2O4/c1-4-5-13(2)17(21)19-16-7-6-14(12-15(16)18(22)23-3)20-8-10-24-11-9-20/h6-7,12-13H,4-5,8-11H2,1-3H3,(H,19,21). The number of anilines is 2. The largest absolute Gasteiger partial charge is 0.465 e. The van der Waals surface area contributed by atoms with E-state index in [1.807, 2.05) is 19.9 Å². The van der Waals surface area contributed by atoms with Gasteiger partial charge in [-0.05, 0) is 24.6 Å². The molecule has 0 saturated carbocycles. The normalized spacial score (nSPS) is 15.7. The van der Waals surface area contributed by atoms with Crippen LogP contribution in [-0.2, 0) is 14.3 Å². The maximum Gasteiger partial charge on any atom is 0.340 e. The molecule has 1 fully saturated rings. The first-order valence-corrected chi connectivity index (χ1v) is 8.42. The van der Waals surface area contributed by atoms with Crippen molar-refractivity contribution in [2.75, 3.05) is 43.6 Å². The second-order valence-corrected chi connectivity index (χ2v) is 6.00. The molecule has 1 aliphatic rings. The van der Waals surface area contributed by atoms with Gasteiger partial charge in [0.1, 0.15) is 0 Å². The Balaban J connectivity index is 2.23. The number of benzene rings is 1. The molecule has 1 aromatic rings. The number of amides is 1. The quantitative estimate of drug-likeness (QED) is 0.810. The molecule has 6 nitrogen and oxygen atoms in total. The Hall–Kier alpha value is -2.08. The number of ether oxygens (including phenoxy) is 2. The van der Waals surface area contributed by atoms with Gasteiger partial charge in [-0.1, -0.05) is 20.3 Å². The van der Waals surface area contributed by atoms with Crippen molar-refractivity contribution in [2.24, 2.45) is 5.92 Å². The number of hydrogen-bond acceptors (Lipinski definition) is 5. The third kappa shape index (κ3) is 4.47. The average molecular weight is 334 g/mol. The number of esters is 1. The van der Waals surface area contributed by atoms with Gasteiger partial charge in [0.05, 0.1) is 31.6 Å². The fraction of sp³-hybridized carbons (Fsp3) is 0.556. The van der Waals surface area contributed by atoms with E-state index >= 15 is 0 Å². The summed E-state index contributed by atoms with van der Waals surface area (Å²) in [6.45, 7) is 6.82. The highest BCUT2D eigenvalue weighted by atomic mass is 16.5. The first kappa shape index (κ1) is 18.3. The number of morpholine rings is 1. The first-order valence-electron chi connectivity index (χ1n) is 8.42. The summed E-state index contributed by atoms with van der Waals surface area (Å²) >= 11 is 0. The second-order valence-electron chi connectivity index (χ2n) is 6.00. The van der Waals surface area contributed by atoms with E-state index in [-0.39, 0.29) is 11.8 Å². The molecule has 2 rings (SSSR count). The molecule has 0 spiro atoms. The van der Waals surface area contributed by atoms with Gasteiger partial charge in [-0.25, -0.2) is 4.79 Å².